The van der Waals surface area contributed by atoms with E-state index in [-0.39, 0.29) is 5.54 Å². The summed E-state index contributed by atoms with van der Waals surface area (Å²) in [6.07, 6.45) is 12.2. The Balaban J connectivity index is 2.05. The maximum Gasteiger partial charge on any atom is 0.0572 e. The molecule has 0 aromatic rings. The first kappa shape index (κ1) is 15.3. The van der Waals surface area contributed by atoms with E-state index in [0.29, 0.717) is 6.10 Å². The molecule has 2 saturated carbocycles. The fraction of sp³-hybridized carbons (Fsp3) is 1.00. The second-order valence-corrected chi connectivity index (χ2v) is 6.44. The Kier molecular flexibility index (Phi) is 5.67. The third-order valence-electron chi connectivity index (χ3n) is 5.54. The zero-order valence-corrected chi connectivity index (χ0v) is 12.9. The van der Waals surface area contributed by atoms with Crippen LogP contribution in [0, 0.1) is 0 Å². The highest BCUT2D eigenvalue weighted by atomic mass is 16.5. The molecule has 0 heterocycles. The van der Waals surface area contributed by atoms with Crippen molar-refractivity contribution in [2.45, 2.75) is 82.4 Å². The molecular formula is C16H32N2O. The van der Waals surface area contributed by atoms with Crippen LogP contribution in [0.15, 0.2) is 0 Å². The highest BCUT2D eigenvalue weighted by molar-refractivity contribution is 4.98. The summed E-state index contributed by atoms with van der Waals surface area (Å²) in [6, 6.07) is 0.779. The standard InChI is InChI=1S/C16H32N2O/c1-3-18(14-7-5-4-6-8-14)16(13-17)11-9-15(19-2)10-12-16/h14-15H,3-13,17H2,1-2H3. The number of nitrogens with zero attached hydrogens (tertiary/aromatic N) is 1. The van der Waals surface area contributed by atoms with Crippen molar-refractivity contribution in [1.29, 1.82) is 0 Å². The predicted octanol–water partition coefficient (Wildman–Crippen LogP) is 2.93. The van der Waals surface area contributed by atoms with Crippen LogP contribution in [0.3, 0.4) is 0 Å². The predicted molar refractivity (Wildman–Crippen MR) is 80.3 cm³/mol. The van der Waals surface area contributed by atoms with E-state index in [9.17, 15) is 0 Å². The van der Waals surface area contributed by atoms with Crippen molar-refractivity contribution in [2.75, 3.05) is 20.2 Å². The first-order valence-electron chi connectivity index (χ1n) is 8.25. The molecule has 0 amide bonds. The minimum Gasteiger partial charge on any atom is -0.381 e. The summed E-state index contributed by atoms with van der Waals surface area (Å²) in [4.78, 5) is 2.76. The Morgan fingerprint density at radius 1 is 1.11 bits per heavy atom. The van der Waals surface area contributed by atoms with E-state index in [1.807, 2.05) is 7.11 Å². The first-order valence-corrected chi connectivity index (χ1v) is 8.25. The molecule has 2 rings (SSSR count). The lowest BCUT2D eigenvalue weighted by molar-refractivity contribution is -0.0309. The van der Waals surface area contributed by atoms with Gasteiger partial charge in [-0.05, 0) is 45.1 Å². The number of nitrogens with two attached hydrogens (primary N) is 1. The van der Waals surface area contributed by atoms with Crippen molar-refractivity contribution in [2.24, 2.45) is 5.73 Å². The average Bonchev–Trinajstić information content (AvgIpc) is 2.49. The third-order valence-corrected chi connectivity index (χ3v) is 5.54. The topological polar surface area (TPSA) is 38.5 Å². The van der Waals surface area contributed by atoms with E-state index in [0.717, 1.165) is 19.1 Å². The molecule has 0 atom stereocenters. The lowest BCUT2D eigenvalue weighted by Crippen LogP contribution is -2.60. The van der Waals surface area contributed by atoms with E-state index in [2.05, 4.69) is 11.8 Å². The van der Waals surface area contributed by atoms with Crippen LogP contribution in [0.4, 0.5) is 0 Å². The molecule has 0 aromatic carbocycles. The van der Waals surface area contributed by atoms with Gasteiger partial charge in [-0.2, -0.15) is 0 Å². The molecule has 0 aromatic heterocycles. The molecule has 0 spiro atoms. The second-order valence-electron chi connectivity index (χ2n) is 6.44. The Morgan fingerprint density at radius 3 is 2.21 bits per heavy atom. The molecule has 3 nitrogen and oxygen atoms in total. The van der Waals surface area contributed by atoms with Gasteiger partial charge >= 0.3 is 0 Å². The van der Waals surface area contributed by atoms with Crippen molar-refractivity contribution < 1.29 is 4.74 Å². The van der Waals surface area contributed by atoms with Gasteiger partial charge in [0.1, 0.15) is 0 Å². The molecular weight excluding hydrogens is 236 g/mol. The number of hydrogen-bond acceptors (Lipinski definition) is 3. The highest BCUT2D eigenvalue weighted by Crippen LogP contribution is 2.38. The summed E-state index contributed by atoms with van der Waals surface area (Å²) in [5, 5.41) is 0. The van der Waals surface area contributed by atoms with Gasteiger partial charge in [-0.3, -0.25) is 4.90 Å². The number of methoxy groups -OCH3 is 1. The van der Waals surface area contributed by atoms with Gasteiger partial charge in [0.05, 0.1) is 6.10 Å². The Labute approximate surface area is 118 Å². The molecule has 0 saturated heterocycles. The van der Waals surface area contributed by atoms with E-state index in [4.69, 9.17) is 10.5 Å². The number of hydrogen-bond donors (Lipinski definition) is 1. The monoisotopic (exact) mass is 268 g/mol. The molecule has 2 N–H and O–H groups in total. The largest absolute Gasteiger partial charge is 0.381 e. The van der Waals surface area contributed by atoms with Gasteiger partial charge in [-0.25, -0.2) is 0 Å². The quantitative estimate of drug-likeness (QED) is 0.833. The summed E-state index contributed by atoms with van der Waals surface area (Å²) in [7, 11) is 1.85. The van der Waals surface area contributed by atoms with E-state index in [1.54, 1.807) is 0 Å². The van der Waals surface area contributed by atoms with Gasteiger partial charge in [0.2, 0.25) is 0 Å². The molecule has 0 unspecified atom stereocenters. The van der Waals surface area contributed by atoms with Crippen LogP contribution in [0.2, 0.25) is 0 Å². The minimum atomic E-state index is 0.256. The van der Waals surface area contributed by atoms with Gasteiger partial charge in [-0.1, -0.05) is 26.2 Å². The lowest BCUT2D eigenvalue weighted by atomic mass is 9.77. The first-order chi connectivity index (χ1) is 9.25. The van der Waals surface area contributed by atoms with Crippen LogP contribution in [0.1, 0.15) is 64.7 Å². The zero-order chi connectivity index (χ0) is 13.7. The molecule has 2 fully saturated rings. The Hall–Kier alpha value is -0.120. The Bertz CT molecular complexity index is 255. The molecule has 2 aliphatic rings. The maximum atomic E-state index is 6.23. The van der Waals surface area contributed by atoms with Gasteiger partial charge < -0.3 is 10.5 Å². The minimum absolute atomic E-state index is 0.256. The van der Waals surface area contributed by atoms with Crippen molar-refractivity contribution in [3.8, 4) is 0 Å². The number of ether oxygens (including phenoxy) is 1. The van der Waals surface area contributed by atoms with Crippen LogP contribution in [-0.4, -0.2) is 42.8 Å². The highest BCUT2D eigenvalue weighted by Gasteiger charge is 2.41. The van der Waals surface area contributed by atoms with Crippen LogP contribution in [-0.2, 0) is 4.74 Å². The number of likely N-dealkylation sites (N-methyl/N-ethyl adjacent to an activating group) is 1. The van der Waals surface area contributed by atoms with Gasteiger partial charge in [0.15, 0.2) is 0 Å². The fourth-order valence-corrected chi connectivity index (χ4v) is 4.35. The molecule has 112 valence electrons. The average molecular weight is 268 g/mol. The summed E-state index contributed by atoms with van der Waals surface area (Å²) < 4.78 is 5.53. The van der Waals surface area contributed by atoms with E-state index >= 15 is 0 Å². The van der Waals surface area contributed by atoms with Gasteiger partial charge in [0, 0.05) is 25.2 Å². The molecule has 0 aliphatic heterocycles. The lowest BCUT2D eigenvalue weighted by Gasteiger charge is -2.51. The summed E-state index contributed by atoms with van der Waals surface area (Å²) >= 11 is 0. The van der Waals surface area contributed by atoms with Crippen LogP contribution in [0.5, 0.6) is 0 Å². The van der Waals surface area contributed by atoms with Gasteiger partial charge in [-0.15, -0.1) is 0 Å². The normalized spacial score (nSPS) is 33.8. The molecule has 0 radical (unpaired) electrons. The third kappa shape index (κ3) is 3.32. The Morgan fingerprint density at radius 2 is 1.74 bits per heavy atom. The SMILES string of the molecule is CCN(C1CCCCC1)C1(CN)CCC(OC)CC1. The van der Waals surface area contributed by atoms with Crippen LogP contribution in [0.25, 0.3) is 0 Å². The van der Waals surface area contributed by atoms with Crippen molar-refractivity contribution in [3.05, 3.63) is 0 Å². The van der Waals surface area contributed by atoms with Crippen molar-refractivity contribution in [3.63, 3.8) is 0 Å². The van der Waals surface area contributed by atoms with E-state index < -0.39 is 0 Å². The smallest absolute Gasteiger partial charge is 0.0572 e. The molecule has 2 aliphatic carbocycles. The van der Waals surface area contributed by atoms with Crippen LogP contribution >= 0.6 is 0 Å². The van der Waals surface area contributed by atoms with Crippen molar-refractivity contribution in [1.82, 2.24) is 4.90 Å². The van der Waals surface area contributed by atoms with Crippen molar-refractivity contribution >= 4 is 0 Å². The summed E-state index contributed by atoms with van der Waals surface area (Å²) in [6.45, 7) is 4.28. The molecule has 3 heteroatoms. The fourth-order valence-electron chi connectivity index (χ4n) is 4.35. The maximum absolute atomic E-state index is 6.23. The van der Waals surface area contributed by atoms with E-state index in [1.165, 1.54) is 57.8 Å². The second kappa shape index (κ2) is 7.05. The van der Waals surface area contributed by atoms with Crippen LogP contribution < -0.4 is 5.73 Å². The van der Waals surface area contributed by atoms with Gasteiger partial charge in [0.25, 0.3) is 0 Å². The zero-order valence-electron chi connectivity index (χ0n) is 12.9. The summed E-state index contributed by atoms with van der Waals surface area (Å²) in [5.74, 6) is 0. The molecule has 19 heavy (non-hydrogen) atoms. The summed E-state index contributed by atoms with van der Waals surface area (Å²) in [5.41, 5.74) is 6.48. The number of rotatable bonds is 5. The molecule has 0 bridgehead atoms.